The van der Waals surface area contributed by atoms with E-state index < -0.39 is 0 Å². The van der Waals surface area contributed by atoms with Gasteiger partial charge in [-0.1, -0.05) is 12.2 Å². The maximum Gasteiger partial charge on any atom is 0.0136 e. The van der Waals surface area contributed by atoms with Crippen molar-refractivity contribution < 1.29 is 0 Å². The van der Waals surface area contributed by atoms with E-state index in [4.69, 9.17) is 0 Å². The van der Waals surface area contributed by atoms with Gasteiger partial charge in [-0.15, -0.1) is 0 Å². The summed E-state index contributed by atoms with van der Waals surface area (Å²) in [4.78, 5) is 0. The Morgan fingerprint density at radius 1 is 1.27 bits per heavy atom. The maximum absolute atomic E-state index is 3.27. The summed E-state index contributed by atoms with van der Waals surface area (Å²) in [6.07, 6.45) is 9.53. The smallest absolute Gasteiger partial charge is 0.0136 e. The molecule has 0 fully saturated rings. The highest BCUT2D eigenvalue weighted by molar-refractivity contribution is 5.26. The largest absolute Gasteiger partial charge is 0.391 e. The number of nitrogens with one attached hydrogen (secondary N) is 1. The number of hydrogen-bond donors (Lipinski definition) is 1. The Hall–Kier alpha value is -0.720. The molecule has 0 aliphatic heterocycles. The third-order valence-corrected chi connectivity index (χ3v) is 2.18. The molecule has 0 bridgehead atoms. The minimum Gasteiger partial charge on any atom is -0.391 e. The van der Waals surface area contributed by atoms with Crippen molar-refractivity contribution in [3.63, 3.8) is 0 Å². The van der Waals surface area contributed by atoms with Gasteiger partial charge in [0, 0.05) is 12.7 Å². The summed E-state index contributed by atoms with van der Waals surface area (Å²) in [5, 5.41) is 3.27. The van der Waals surface area contributed by atoms with Gasteiger partial charge in [-0.3, -0.25) is 0 Å². The Labute approximate surface area is 69.2 Å². The molecular formula is C10H17N. The molecule has 0 aromatic heterocycles. The highest BCUT2D eigenvalue weighted by Crippen LogP contribution is 2.23. The minimum absolute atomic E-state index is 1.23. The molecule has 1 aliphatic rings. The highest BCUT2D eigenvalue weighted by atomic mass is 14.8. The maximum atomic E-state index is 3.27. The number of allylic oxidation sites excluding steroid dienone is 4. The average molecular weight is 151 g/mol. The van der Waals surface area contributed by atoms with E-state index in [9.17, 15) is 0 Å². The first-order chi connectivity index (χ1) is 5.38. The van der Waals surface area contributed by atoms with Crippen molar-refractivity contribution in [3.8, 4) is 0 Å². The predicted octanol–water partition coefficient (Wildman–Crippen LogP) is 2.61. The van der Waals surface area contributed by atoms with Gasteiger partial charge < -0.3 is 5.32 Å². The molecule has 62 valence electrons. The van der Waals surface area contributed by atoms with E-state index in [-0.39, 0.29) is 0 Å². The molecule has 0 saturated carbocycles. The van der Waals surface area contributed by atoms with E-state index in [0.29, 0.717) is 0 Å². The summed E-state index contributed by atoms with van der Waals surface area (Å²) in [5.41, 5.74) is 2.94. The summed E-state index contributed by atoms with van der Waals surface area (Å²) in [5.74, 6) is 0. The molecule has 0 aromatic rings. The molecule has 0 saturated heterocycles. The fraction of sp³-hybridized carbons (Fsp3) is 0.600. The third-order valence-electron chi connectivity index (χ3n) is 2.18. The summed E-state index contributed by atoms with van der Waals surface area (Å²) in [6.45, 7) is 2.08. The molecule has 0 amide bonds. The lowest BCUT2D eigenvalue weighted by molar-refractivity contribution is 0.649. The molecular weight excluding hydrogens is 134 g/mol. The van der Waals surface area contributed by atoms with Gasteiger partial charge >= 0.3 is 0 Å². The van der Waals surface area contributed by atoms with Gasteiger partial charge in [0.1, 0.15) is 0 Å². The first-order valence-corrected chi connectivity index (χ1v) is 4.41. The molecule has 0 atom stereocenters. The second kappa shape index (κ2) is 4.22. The van der Waals surface area contributed by atoms with E-state index >= 15 is 0 Å². The van der Waals surface area contributed by atoms with Crippen LogP contribution in [-0.2, 0) is 0 Å². The number of rotatable bonds is 2. The fourth-order valence-electron chi connectivity index (χ4n) is 1.60. The zero-order chi connectivity index (χ0) is 8.10. The lowest BCUT2D eigenvalue weighted by Crippen LogP contribution is -2.11. The molecule has 1 nitrogen and oxygen atoms in total. The predicted molar refractivity (Wildman–Crippen MR) is 49.4 cm³/mol. The van der Waals surface area contributed by atoms with E-state index in [1.165, 1.54) is 37.0 Å². The normalized spacial score (nSPS) is 19.5. The van der Waals surface area contributed by atoms with Crippen LogP contribution in [-0.4, -0.2) is 7.05 Å². The molecule has 0 unspecified atom stereocenters. The van der Waals surface area contributed by atoms with Crippen LogP contribution in [0.2, 0.25) is 0 Å². The molecule has 1 N–H and O–H groups in total. The van der Waals surface area contributed by atoms with Crippen LogP contribution >= 0.6 is 0 Å². The Balaban J connectivity index is 2.72. The second-order valence-corrected chi connectivity index (χ2v) is 2.96. The summed E-state index contributed by atoms with van der Waals surface area (Å²) in [6, 6.07) is 0. The standard InChI is InChI=1S/C10H17N/c1-3-6-9-7-4-5-8-10(9)11-2/h3,6,11H,4-5,7-8H2,1-2H3/b6-3-. The molecule has 0 heterocycles. The zero-order valence-corrected chi connectivity index (χ0v) is 7.48. The van der Waals surface area contributed by atoms with Crippen molar-refractivity contribution >= 4 is 0 Å². The van der Waals surface area contributed by atoms with Gasteiger partial charge in [0.15, 0.2) is 0 Å². The van der Waals surface area contributed by atoms with Crippen LogP contribution < -0.4 is 5.32 Å². The Bertz CT molecular complexity index is 177. The molecule has 1 heteroatoms. The molecule has 1 aliphatic carbocycles. The average Bonchev–Trinajstić information content (AvgIpc) is 2.06. The Morgan fingerprint density at radius 2 is 2.00 bits per heavy atom. The van der Waals surface area contributed by atoms with Crippen LogP contribution in [0.3, 0.4) is 0 Å². The first-order valence-electron chi connectivity index (χ1n) is 4.41. The van der Waals surface area contributed by atoms with E-state index in [1.54, 1.807) is 0 Å². The third kappa shape index (κ3) is 2.11. The molecule has 1 rings (SSSR count). The van der Waals surface area contributed by atoms with Gasteiger partial charge in [-0.2, -0.15) is 0 Å². The van der Waals surface area contributed by atoms with Crippen molar-refractivity contribution in [2.75, 3.05) is 7.05 Å². The summed E-state index contributed by atoms with van der Waals surface area (Å²) in [7, 11) is 2.02. The second-order valence-electron chi connectivity index (χ2n) is 2.96. The van der Waals surface area contributed by atoms with Gasteiger partial charge in [0.2, 0.25) is 0 Å². The van der Waals surface area contributed by atoms with Crippen molar-refractivity contribution in [1.29, 1.82) is 0 Å². The lowest BCUT2D eigenvalue weighted by Gasteiger charge is -2.17. The van der Waals surface area contributed by atoms with Gasteiger partial charge in [0.05, 0.1) is 0 Å². The van der Waals surface area contributed by atoms with E-state index in [2.05, 4.69) is 24.4 Å². The van der Waals surface area contributed by atoms with Crippen molar-refractivity contribution in [2.45, 2.75) is 32.6 Å². The Morgan fingerprint density at radius 3 is 2.64 bits per heavy atom. The fourth-order valence-corrected chi connectivity index (χ4v) is 1.60. The highest BCUT2D eigenvalue weighted by Gasteiger charge is 2.07. The molecule has 0 radical (unpaired) electrons. The molecule has 11 heavy (non-hydrogen) atoms. The zero-order valence-electron chi connectivity index (χ0n) is 7.48. The van der Waals surface area contributed by atoms with Gasteiger partial charge in [-0.25, -0.2) is 0 Å². The van der Waals surface area contributed by atoms with Gasteiger partial charge in [-0.05, 0) is 38.2 Å². The minimum atomic E-state index is 1.23. The van der Waals surface area contributed by atoms with Crippen molar-refractivity contribution in [1.82, 2.24) is 5.32 Å². The van der Waals surface area contributed by atoms with E-state index in [1.807, 2.05) is 7.05 Å². The van der Waals surface area contributed by atoms with Crippen LogP contribution in [0.1, 0.15) is 32.6 Å². The summed E-state index contributed by atoms with van der Waals surface area (Å²) < 4.78 is 0. The van der Waals surface area contributed by atoms with Crippen molar-refractivity contribution in [3.05, 3.63) is 23.4 Å². The molecule has 0 aromatic carbocycles. The summed E-state index contributed by atoms with van der Waals surface area (Å²) >= 11 is 0. The van der Waals surface area contributed by atoms with Crippen LogP contribution in [0.15, 0.2) is 23.4 Å². The molecule has 0 spiro atoms. The lowest BCUT2D eigenvalue weighted by atomic mass is 9.96. The van der Waals surface area contributed by atoms with Crippen LogP contribution in [0.4, 0.5) is 0 Å². The monoisotopic (exact) mass is 151 g/mol. The SMILES string of the molecule is C/C=C\C1=C(NC)CCCC1. The van der Waals surface area contributed by atoms with Gasteiger partial charge in [0.25, 0.3) is 0 Å². The quantitative estimate of drug-likeness (QED) is 0.639. The van der Waals surface area contributed by atoms with Crippen LogP contribution in [0.25, 0.3) is 0 Å². The van der Waals surface area contributed by atoms with E-state index in [0.717, 1.165) is 0 Å². The topological polar surface area (TPSA) is 12.0 Å². The number of hydrogen-bond acceptors (Lipinski definition) is 1. The van der Waals surface area contributed by atoms with Crippen LogP contribution in [0.5, 0.6) is 0 Å². The first kappa shape index (κ1) is 8.38. The Kier molecular flexibility index (Phi) is 3.21. The van der Waals surface area contributed by atoms with Crippen molar-refractivity contribution in [2.24, 2.45) is 0 Å². The van der Waals surface area contributed by atoms with Crippen LogP contribution in [0, 0.1) is 0 Å².